The van der Waals surface area contributed by atoms with E-state index < -0.39 is 12.0 Å². The van der Waals surface area contributed by atoms with Crippen LogP contribution in [0.2, 0.25) is 0 Å². The summed E-state index contributed by atoms with van der Waals surface area (Å²) in [6, 6.07) is 12.1. The second kappa shape index (κ2) is 6.64. The normalized spacial score (nSPS) is 13.2. The number of aromatic nitrogens is 1. The maximum Gasteiger partial charge on any atom is 0.326 e. The molecule has 0 saturated carbocycles. The first-order valence-corrected chi connectivity index (χ1v) is 8.68. The molecular formula is C19H18N2O3S. The van der Waals surface area contributed by atoms with Gasteiger partial charge in [0.15, 0.2) is 4.80 Å². The van der Waals surface area contributed by atoms with Crippen LogP contribution >= 0.6 is 11.3 Å². The number of carboxylic acid groups (broad SMARTS) is 1. The summed E-state index contributed by atoms with van der Waals surface area (Å²) in [4.78, 5) is 28.6. The molecule has 25 heavy (non-hydrogen) atoms. The van der Waals surface area contributed by atoms with Gasteiger partial charge in [-0.2, -0.15) is 4.99 Å². The van der Waals surface area contributed by atoms with E-state index in [1.807, 2.05) is 44.2 Å². The van der Waals surface area contributed by atoms with E-state index in [0.29, 0.717) is 10.4 Å². The van der Waals surface area contributed by atoms with Gasteiger partial charge in [0, 0.05) is 5.56 Å². The van der Waals surface area contributed by atoms with Crippen molar-refractivity contribution in [2.24, 2.45) is 4.99 Å². The van der Waals surface area contributed by atoms with Crippen molar-refractivity contribution in [3.05, 3.63) is 64.0 Å². The Morgan fingerprint density at radius 3 is 2.36 bits per heavy atom. The minimum atomic E-state index is -0.967. The first-order valence-electron chi connectivity index (χ1n) is 7.87. The number of carbonyl (C=O) groups excluding carboxylic acids is 1. The first-order chi connectivity index (χ1) is 11.9. The predicted octanol–water partition coefficient (Wildman–Crippen LogP) is 3.71. The van der Waals surface area contributed by atoms with Crippen LogP contribution in [0.15, 0.2) is 47.5 Å². The van der Waals surface area contributed by atoms with Crippen molar-refractivity contribution >= 4 is 33.4 Å². The molecule has 1 aromatic heterocycles. The molecule has 0 aliphatic heterocycles. The molecule has 1 unspecified atom stereocenters. The average molecular weight is 354 g/mol. The monoisotopic (exact) mass is 354 g/mol. The van der Waals surface area contributed by atoms with E-state index in [2.05, 4.69) is 4.99 Å². The number of rotatable bonds is 3. The maximum atomic E-state index is 12.5. The van der Waals surface area contributed by atoms with E-state index in [1.165, 1.54) is 11.3 Å². The van der Waals surface area contributed by atoms with Gasteiger partial charge in [-0.3, -0.25) is 4.79 Å². The molecule has 1 heterocycles. The Morgan fingerprint density at radius 2 is 1.72 bits per heavy atom. The Morgan fingerprint density at radius 1 is 1.08 bits per heavy atom. The summed E-state index contributed by atoms with van der Waals surface area (Å²) in [6.45, 7) is 5.48. The zero-order valence-electron chi connectivity index (χ0n) is 14.2. The zero-order chi connectivity index (χ0) is 18.1. The second-order valence-corrected chi connectivity index (χ2v) is 7.03. The van der Waals surface area contributed by atoms with Crippen LogP contribution in [0.4, 0.5) is 0 Å². The lowest BCUT2D eigenvalue weighted by atomic mass is 10.1. The van der Waals surface area contributed by atoms with Crippen molar-refractivity contribution in [1.82, 2.24) is 4.57 Å². The molecule has 0 aliphatic rings. The van der Waals surface area contributed by atoms with Gasteiger partial charge in [-0.1, -0.05) is 35.1 Å². The molecule has 128 valence electrons. The summed E-state index contributed by atoms with van der Waals surface area (Å²) in [6.07, 6.45) is 0. The van der Waals surface area contributed by atoms with E-state index in [1.54, 1.807) is 23.6 Å². The SMILES string of the molecule is Cc1ccc(C(=O)N=c2sc3ccc(C)cc3n2C(C)C(=O)O)cc1. The van der Waals surface area contributed by atoms with Crippen molar-refractivity contribution in [2.75, 3.05) is 0 Å². The number of hydrogen-bond donors (Lipinski definition) is 1. The maximum absolute atomic E-state index is 12.5. The largest absolute Gasteiger partial charge is 0.480 e. The number of aliphatic carboxylic acids is 1. The number of amides is 1. The van der Waals surface area contributed by atoms with Crippen LogP contribution in [0.25, 0.3) is 10.2 Å². The number of hydrogen-bond acceptors (Lipinski definition) is 3. The van der Waals surface area contributed by atoms with Crippen LogP contribution in [0, 0.1) is 13.8 Å². The van der Waals surface area contributed by atoms with Crippen molar-refractivity contribution in [2.45, 2.75) is 26.8 Å². The lowest BCUT2D eigenvalue weighted by molar-refractivity contribution is -0.140. The number of benzene rings is 2. The van der Waals surface area contributed by atoms with Crippen LogP contribution in [0.5, 0.6) is 0 Å². The highest BCUT2D eigenvalue weighted by molar-refractivity contribution is 7.16. The fraction of sp³-hybridized carbons (Fsp3) is 0.211. The molecule has 1 amide bonds. The van der Waals surface area contributed by atoms with Crippen LogP contribution in [-0.4, -0.2) is 21.6 Å². The molecule has 3 aromatic rings. The lowest BCUT2D eigenvalue weighted by Gasteiger charge is -2.10. The number of aryl methyl sites for hydroxylation is 2. The topological polar surface area (TPSA) is 71.7 Å². The third-order valence-electron chi connectivity index (χ3n) is 4.02. The highest BCUT2D eigenvalue weighted by atomic mass is 32.1. The lowest BCUT2D eigenvalue weighted by Crippen LogP contribution is -2.25. The van der Waals surface area contributed by atoms with Crippen molar-refractivity contribution in [3.63, 3.8) is 0 Å². The summed E-state index contributed by atoms with van der Waals surface area (Å²) in [5.74, 6) is -1.35. The van der Waals surface area contributed by atoms with E-state index in [9.17, 15) is 14.7 Å². The van der Waals surface area contributed by atoms with Gasteiger partial charge in [0.2, 0.25) is 0 Å². The van der Waals surface area contributed by atoms with Gasteiger partial charge in [0.05, 0.1) is 10.2 Å². The molecule has 2 aromatic carbocycles. The van der Waals surface area contributed by atoms with Gasteiger partial charge in [0.25, 0.3) is 5.91 Å². The van der Waals surface area contributed by atoms with Gasteiger partial charge in [-0.05, 0) is 50.6 Å². The molecule has 0 spiro atoms. The summed E-state index contributed by atoms with van der Waals surface area (Å²) in [5, 5.41) is 9.45. The van der Waals surface area contributed by atoms with Crippen molar-refractivity contribution in [1.29, 1.82) is 0 Å². The predicted molar refractivity (Wildman–Crippen MR) is 98.0 cm³/mol. The third-order valence-corrected chi connectivity index (χ3v) is 5.06. The molecule has 0 fully saturated rings. The summed E-state index contributed by atoms with van der Waals surface area (Å²) in [7, 11) is 0. The molecule has 0 radical (unpaired) electrons. The van der Waals surface area contributed by atoms with Gasteiger partial charge in [0.1, 0.15) is 6.04 Å². The first kappa shape index (κ1) is 17.1. The second-order valence-electron chi connectivity index (χ2n) is 6.02. The Hall–Kier alpha value is -2.73. The van der Waals surface area contributed by atoms with Crippen molar-refractivity contribution < 1.29 is 14.7 Å². The van der Waals surface area contributed by atoms with Crippen LogP contribution in [-0.2, 0) is 4.79 Å². The summed E-state index contributed by atoms with van der Waals surface area (Å²) >= 11 is 1.32. The number of nitrogens with zero attached hydrogens (tertiary/aromatic N) is 2. The summed E-state index contributed by atoms with van der Waals surface area (Å²) < 4.78 is 2.51. The molecule has 0 saturated heterocycles. The van der Waals surface area contributed by atoms with Gasteiger partial charge >= 0.3 is 5.97 Å². The number of thiazole rings is 1. The fourth-order valence-corrected chi connectivity index (χ4v) is 3.64. The average Bonchev–Trinajstić information content (AvgIpc) is 2.91. The van der Waals surface area contributed by atoms with Crippen LogP contribution in [0.1, 0.15) is 34.5 Å². The highest BCUT2D eigenvalue weighted by Gasteiger charge is 2.19. The van der Waals surface area contributed by atoms with E-state index in [-0.39, 0.29) is 5.91 Å². The van der Waals surface area contributed by atoms with Crippen LogP contribution in [0.3, 0.4) is 0 Å². The molecular weight excluding hydrogens is 336 g/mol. The molecule has 1 N–H and O–H groups in total. The number of fused-ring (bicyclic) bond motifs is 1. The van der Waals surface area contributed by atoms with Crippen LogP contribution < -0.4 is 4.80 Å². The minimum absolute atomic E-state index is 0.380. The van der Waals surface area contributed by atoms with E-state index in [4.69, 9.17) is 0 Å². The molecule has 1 atom stereocenters. The molecule has 5 nitrogen and oxygen atoms in total. The molecule has 3 rings (SSSR count). The van der Waals surface area contributed by atoms with Gasteiger partial charge in [-0.15, -0.1) is 0 Å². The molecule has 0 aliphatic carbocycles. The Bertz CT molecular complexity index is 1030. The third kappa shape index (κ3) is 3.39. The molecule has 6 heteroatoms. The Balaban J connectivity index is 2.20. The van der Waals surface area contributed by atoms with Gasteiger partial charge in [-0.25, -0.2) is 4.79 Å². The van der Waals surface area contributed by atoms with Crippen molar-refractivity contribution in [3.8, 4) is 0 Å². The zero-order valence-corrected chi connectivity index (χ0v) is 15.0. The van der Waals surface area contributed by atoms with E-state index >= 15 is 0 Å². The standard InChI is InChI=1S/C19H18N2O3S/c1-11-4-7-14(8-5-11)17(22)20-19-21(13(3)18(23)24)15-10-12(2)6-9-16(15)25-19/h4-10,13H,1-3H3,(H,23,24). The Labute approximate surface area is 148 Å². The fourth-order valence-electron chi connectivity index (χ4n) is 2.56. The number of carbonyl (C=O) groups is 2. The summed E-state index contributed by atoms with van der Waals surface area (Å²) in [5.41, 5.74) is 3.33. The van der Waals surface area contributed by atoms with Gasteiger partial charge < -0.3 is 9.67 Å². The Kier molecular flexibility index (Phi) is 4.55. The molecule has 0 bridgehead atoms. The highest BCUT2D eigenvalue weighted by Crippen LogP contribution is 2.22. The number of carboxylic acids is 1. The van der Waals surface area contributed by atoms with E-state index in [0.717, 1.165) is 21.3 Å². The smallest absolute Gasteiger partial charge is 0.326 e. The quantitative estimate of drug-likeness (QED) is 0.779. The minimum Gasteiger partial charge on any atom is -0.480 e.